The summed E-state index contributed by atoms with van der Waals surface area (Å²) in [7, 11) is 0. The van der Waals surface area contributed by atoms with Crippen LogP contribution in [0.4, 0.5) is 14.5 Å². The van der Waals surface area contributed by atoms with E-state index in [0.717, 1.165) is 0 Å². The van der Waals surface area contributed by atoms with Gasteiger partial charge in [-0.05, 0) is 52.3 Å². The minimum absolute atomic E-state index is 0.00242. The summed E-state index contributed by atoms with van der Waals surface area (Å²) in [5, 5.41) is 2.63. The van der Waals surface area contributed by atoms with Gasteiger partial charge in [-0.2, -0.15) is 8.78 Å². The Morgan fingerprint density at radius 3 is 2.48 bits per heavy atom. The molecule has 0 fully saturated rings. The first kappa shape index (κ1) is 21.1. The number of carbonyl (C=O) groups excluding carboxylic acids is 2. The number of Topliss-reactive ketones (excluding diaryl/α,β-unsaturated/α-hetero) is 1. The molecule has 144 valence electrons. The molecule has 0 spiro atoms. The number of anilines is 1. The Morgan fingerprint density at radius 2 is 1.89 bits per heavy atom. The standard InChI is InChI=1S/C18H15BrClF2NO4/c1-2-15(24)10-3-5-12(6-4-10)26-9-16(25)23-14-8-11(20)7-13(19)17(14)27-18(21)22/h3-8,18H,2,9H2,1H3,(H,23,25). The van der Waals surface area contributed by atoms with Crippen molar-refractivity contribution in [3.63, 3.8) is 0 Å². The number of carbonyl (C=O) groups is 2. The number of ether oxygens (including phenoxy) is 2. The van der Waals surface area contributed by atoms with Crippen molar-refractivity contribution in [3.8, 4) is 11.5 Å². The van der Waals surface area contributed by atoms with E-state index in [0.29, 0.717) is 17.7 Å². The van der Waals surface area contributed by atoms with E-state index in [1.807, 2.05) is 0 Å². The average molecular weight is 463 g/mol. The molecule has 0 aliphatic rings. The Bertz CT molecular complexity index is 831. The van der Waals surface area contributed by atoms with Crippen LogP contribution in [0, 0.1) is 0 Å². The third kappa shape index (κ3) is 6.18. The van der Waals surface area contributed by atoms with Gasteiger partial charge in [0, 0.05) is 17.0 Å². The summed E-state index contributed by atoms with van der Waals surface area (Å²) in [6.07, 6.45) is 0.390. The van der Waals surface area contributed by atoms with Gasteiger partial charge in [0.15, 0.2) is 18.1 Å². The van der Waals surface area contributed by atoms with Crippen LogP contribution in [0.15, 0.2) is 40.9 Å². The number of rotatable bonds is 8. The zero-order valence-corrected chi connectivity index (χ0v) is 16.4. The Labute approximate surface area is 167 Å². The van der Waals surface area contributed by atoms with Gasteiger partial charge in [-0.3, -0.25) is 9.59 Å². The van der Waals surface area contributed by atoms with Crippen LogP contribution in [0.5, 0.6) is 11.5 Å². The van der Waals surface area contributed by atoms with Gasteiger partial charge in [0.25, 0.3) is 5.91 Å². The molecule has 0 heterocycles. The van der Waals surface area contributed by atoms with E-state index in [9.17, 15) is 18.4 Å². The quantitative estimate of drug-likeness (QED) is 0.540. The van der Waals surface area contributed by atoms with Crippen LogP contribution in [0.2, 0.25) is 5.02 Å². The molecule has 1 N–H and O–H groups in total. The zero-order valence-electron chi connectivity index (χ0n) is 14.1. The van der Waals surface area contributed by atoms with Gasteiger partial charge in [0.1, 0.15) is 5.75 Å². The highest BCUT2D eigenvalue weighted by atomic mass is 79.9. The number of ketones is 1. The molecule has 0 aliphatic carbocycles. The van der Waals surface area contributed by atoms with Crippen LogP contribution in [-0.2, 0) is 4.79 Å². The summed E-state index contributed by atoms with van der Waals surface area (Å²) in [6, 6.07) is 8.98. The smallest absolute Gasteiger partial charge is 0.387 e. The van der Waals surface area contributed by atoms with Gasteiger partial charge in [0.2, 0.25) is 0 Å². The van der Waals surface area contributed by atoms with E-state index < -0.39 is 12.5 Å². The van der Waals surface area contributed by atoms with E-state index in [4.69, 9.17) is 16.3 Å². The first-order chi connectivity index (χ1) is 12.8. The Morgan fingerprint density at radius 1 is 1.22 bits per heavy atom. The lowest BCUT2D eigenvalue weighted by molar-refractivity contribution is -0.118. The van der Waals surface area contributed by atoms with Crippen molar-refractivity contribution in [2.75, 3.05) is 11.9 Å². The number of nitrogens with one attached hydrogen (secondary N) is 1. The van der Waals surface area contributed by atoms with E-state index in [2.05, 4.69) is 26.0 Å². The summed E-state index contributed by atoms with van der Waals surface area (Å²) in [6.45, 7) is -1.69. The molecule has 2 aromatic carbocycles. The Balaban J connectivity index is 2.02. The molecule has 0 unspecified atom stereocenters. The van der Waals surface area contributed by atoms with Crippen LogP contribution in [0.3, 0.4) is 0 Å². The lowest BCUT2D eigenvalue weighted by Crippen LogP contribution is -2.21. The molecular weight excluding hydrogens is 448 g/mol. The summed E-state index contributed by atoms with van der Waals surface area (Å²) in [5.74, 6) is -0.464. The lowest BCUT2D eigenvalue weighted by Gasteiger charge is -2.14. The van der Waals surface area contributed by atoms with Crippen molar-refractivity contribution in [1.29, 1.82) is 0 Å². The normalized spacial score (nSPS) is 10.6. The molecule has 0 radical (unpaired) electrons. The van der Waals surface area contributed by atoms with Crippen molar-refractivity contribution in [2.45, 2.75) is 20.0 Å². The number of benzene rings is 2. The second-order valence-corrected chi connectivity index (χ2v) is 6.57. The summed E-state index contributed by atoms with van der Waals surface area (Å²) >= 11 is 8.95. The monoisotopic (exact) mass is 461 g/mol. The van der Waals surface area contributed by atoms with Crippen molar-refractivity contribution in [2.24, 2.45) is 0 Å². The van der Waals surface area contributed by atoms with Crippen molar-refractivity contribution >= 4 is 44.9 Å². The third-order valence-electron chi connectivity index (χ3n) is 3.36. The molecule has 2 aromatic rings. The molecule has 0 bridgehead atoms. The highest BCUT2D eigenvalue weighted by Crippen LogP contribution is 2.37. The highest BCUT2D eigenvalue weighted by molar-refractivity contribution is 9.10. The summed E-state index contributed by atoms with van der Waals surface area (Å²) < 4.78 is 35.0. The van der Waals surface area contributed by atoms with Gasteiger partial charge in [0.05, 0.1) is 10.2 Å². The maximum Gasteiger partial charge on any atom is 0.387 e. The van der Waals surface area contributed by atoms with Crippen LogP contribution in [-0.4, -0.2) is 24.9 Å². The van der Waals surface area contributed by atoms with E-state index in [1.165, 1.54) is 12.1 Å². The fraction of sp³-hybridized carbons (Fsp3) is 0.222. The molecule has 1 amide bonds. The number of hydrogen-bond donors (Lipinski definition) is 1. The molecule has 5 nitrogen and oxygen atoms in total. The number of halogens is 4. The molecule has 9 heteroatoms. The molecule has 0 saturated heterocycles. The SMILES string of the molecule is CCC(=O)c1ccc(OCC(=O)Nc2cc(Cl)cc(Br)c2OC(F)F)cc1. The topological polar surface area (TPSA) is 64.6 Å². The highest BCUT2D eigenvalue weighted by Gasteiger charge is 2.17. The van der Waals surface area contributed by atoms with Gasteiger partial charge in [-0.25, -0.2) is 0 Å². The van der Waals surface area contributed by atoms with Crippen LogP contribution < -0.4 is 14.8 Å². The molecular formula is C18H15BrClF2NO4. The number of alkyl halides is 2. The number of hydrogen-bond acceptors (Lipinski definition) is 4. The van der Waals surface area contributed by atoms with Crippen molar-refractivity contribution in [1.82, 2.24) is 0 Å². The largest absolute Gasteiger partial charge is 0.484 e. The first-order valence-electron chi connectivity index (χ1n) is 7.80. The average Bonchev–Trinajstić information content (AvgIpc) is 2.62. The summed E-state index contributed by atoms with van der Waals surface area (Å²) in [4.78, 5) is 23.6. The van der Waals surface area contributed by atoms with E-state index in [-0.39, 0.29) is 33.3 Å². The van der Waals surface area contributed by atoms with Crippen LogP contribution >= 0.6 is 27.5 Å². The van der Waals surface area contributed by atoms with Crippen LogP contribution in [0.25, 0.3) is 0 Å². The predicted molar refractivity (Wildman–Crippen MR) is 101 cm³/mol. The minimum Gasteiger partial charge on any atom is -0.484 e. The Hall–Kier alpha value is -2.19. The molecule has 2 rings (SSSR count). The molecule has 0 aromatic heterocycles. The fourth-order valence-electron chi connectivity index (χ4n) is 2.14. The minimum atomic E-state index is -3.07. The third-order valence-corrected chi connectivity index (χ3v) is 4.16. The van der Waals surface area contributed by atoms with Crippen LogP contribution in [0.1, 0.15) is 23.7 Å². The second-order valence-electron chi connectivity index (χ2n) is 5.28. The van der Waals surface area contributed by atoms with E-state index >= 15 is 0 Å². The van der Waals surface area contributed by atoms with Gasteiger partial charge < -0.3 is 14.8 Å². The first-order valence-corrected chi connectivity index (χ1v) is 8.97. The van der Waals surface area contributed by atoms with Gasteiger partial charge >= 0.3 is 6.61 Å². The lowest BCUT2D eigenvalue weighted by atomic mass is 10.1. The van der Waals surface area contributed by atoms with Gasteiger partial charge in [-0.1, -0.05) is 18.5 Å². The number of amides is 1. The van der Waals surface area contributed by atoms with Crippen molar-refractivity contribution in [3.05, 3.63) is 51.5 Å². The van der Waals surface area contributed by atoms with Crippen molar-refractivity contribution < 1.29 is 27.8 Å². The Kier molecular flexibility index (Phi) is 7.55. The molecule has 0 saturated carbocycles. The molecule has 0 atom stereocenters. The molecule has 0 aliphatic heterocycles. The maximum atomic E-state index is 12.6. The fourth-order valence-corrected chi connectivity index (χ4v) is 3.04. The maximum absolute atomic E-state index is 12.6. The predicted octanol–water partition coefficient (Wildman–Crippen LogP) is 5.31. The molecule has 27 heavy (non-hydrogen) atoms. The van der Waals surface area contributed by atoms with E-state index in [1.54, 1.807) is 31.2 Å². The zero-order chi connectivity index (χ0) is 20.0. The summed E-state index contributed by atoms with van der Waals surface area (Å²) in [5.41, 5.74) is 0.527. The van der Waals surface area contributed by atoms with Gasteiger partial charge in [-0.15, -0.1) is 0 Å². The second kappa shape index (κ2) is 9.66.